The number of amides is 1. The van der Waals surface area contributed by atoms with E-state index in [0.29, 0.717) is 5.92 Å². The minimum atomic E-state index is -0.394. The van der Waals surface area contributed by atoms with Gasteiger partial charge in [0.25, 0.3) is 5.91 Å². The third-order valence-corrected chi connectivity index (χ3v) is 5.67. The fourth-order valence-corrected chi connectivity index (χ4v) is 3.71. The van der Waals surface area contributed by atoms with Crippen LogP contribution in [0.2, 0.25) is 0 Å². The first kappa shape index (κ1) is 23.0. The second-order valence-electron chi connectivity index (χ2n) is 7.82. The van der Waals surface area contributed by atoms with Gasteiger partial charge in [0, 0.05) is 4.90 Å². The Morgan fingerprint density at radius 3 is 2.31 bits per heavy atom. The number of rotatable bonds is 9. The molecule has 1 amide bonds. The average Bonchev–Trinajstić information content (AvgIpc) is 2.67. The summed E-state index contributed by atoms with van der Waals surface area (Å²) in [6.45, 7) is 10.1. The molecule has 29 heavy (non-hydrogen) atoms. The maximum atomic E-state index is 12.1. The fourth-order valence-electron chi connectivity index (χ4n) is 2.91. The number of nitrogens with one attached hydrogen (secondary N) is 1. The largest absolute Gasteiger partial charge is 0.455 e. The Morgan fingerprint density at radius 1 is 1.00 bits per heavy atom. The number of benzene rings is 2. The van der Waals surface area contributed by atoms with Gasteiger partial charge in [-0.1, -0.05) is 44.2 Å². The minimum absolute atomic E-state index is 0.140. The zero-order chi connectivity index (χ0) is 21.4. The van der Waals surface area contributed by atoms with Crippen molar-refractivity contribution in [1.82, 2.24) is 5.32 Å². The van der Waals surface area contributed by atoms with Gasteiger partial charge in [-0.2, -0.15) is 0 Å². The van der Waals surface area contributed by atoms with Gasteiger partial charge in [-0.15, -0.1) is 11.8 Å². The van der Waals surface area contributed by atoms with Crippen LogP contribution in [0.5, 0.6) is 0 Å². The van der Waals surface area contributed by atoms with E-state index >= 15 is 0 Å². The minimum Gasteiger partial charge on any atom is -0.455 e. The smallest absolute Gasteiger partial charge is 0.316 e. The molecule has 1 atom stereocenters. The van der Waals surface area contributed by atoms with Crippen LogP contribution in [0.4, 0.5) is 0 Å². The average molecular weight is 414 g/mol. The summed E-state index contributed by atoms with van der Waals surface area (Å²) in [5, 5.41) is 2.88. The molecule has 0 heterocycles. The normalized spacial score (nSPS) is 11.9. The molecular formula is C24H31NO3S. The summed E-state index contributed by atoms with van der Waals surface area (Å²) in [6.07, 6.45) is 1.04. The second kappa shape index (κ2) is 11.1. The van der Waals surface area contributed by atoms with Crippen molar-refractivity contribution >= 4 is 23.6 Å². The molecule has 2 aromatic rings. The highest BCUT2D eigenvalue weighted by Gasteiger charge is 2.12. The summed E-state index contributed by atoms with van der Waals surface area (Å²) >= 11 is 1.41. The zero-order valence-corrected chi connectivity index (χ0v) is 18.8. The second-order valence-corrected chi connectivity index (χ2v) is 8.87. The molecule has 0 bridgehead atoms. The molecule has 4 nitrogen and oxygen atoms in total. The first-order valence-corrected chi connectivity index (χ1v) is 11.0. The van der Waals surface area contributed by atoms with Gasteiger partial charge in [0.2, 0.25) is 0 Å². The number of aryl methyl sites for hydroxylation is 2. The number of esters is 1. The Bertz CT molecular complexity index is 831. The van der Waals surface area contributed by atoms with Crippen LogP contribution in [0.3, 0.4) is 0 Å². The van der Waals surface area contributed by atoms with Crippen LogP contribution in [0.15, 0.2) is 47.4 Å². The van der Waals surface area contributed by atoms with Gasteiger partial charge in [-0.3, -0.25) is 9.59 Å². The third-order valence-electron chi connectivity index (χ3n) is 4.70. The first-order chi connectivity index (χ1) is 13.7. The van der Waals surface area contributed by atoms with Crippen LogP contribution < -0.4 is 5.32 Å². The van der Waals surface area contributed by atoms with Gasteiger partial charge >= 0.3 is 5.97 Å². The molecule has 2 aromatic carbocycles. The van der Waals surface area contributed by atoms with Crippen LogP contribution in [-0.2, 0) is 20.7 Å². The highest BCUT2D eigenvalue weighted by Crippen LogP contribution is 2.21. The van der Waals surface area contributed by atoms with Crippen molar-refractivity contribution in [3.8, 4) is 0 Å². The SMILES string of the molecule is Cc1ccc(SCC(=O)OCC(=O)N[C@@H](C)c2ccc(CC(C)C)cc2)cc1C. The molecule has 0 radical (unpaired) electrons. The monoisotopic (exact) mass is 413 g/mol. The quantitative estimate of drug-likeness (QED) is 0.463. The number of carbonyl (C=O) groups excluding carboxylic acids is 2. The molecule has 0 aromatic heterocycles. The first-order valence-electron chi connectivity index (χ1n) is 9.98. The highest BCUT2D eigenvalue weighted by atomic mass is 32.2. The van der Waals surface area contributed by atoms with Gasteiger partial charge in [0.05, 0.1) is 11.8 Å². The summed E-state index contributed by atoms with van der Waals surface area (Å²) in [6, 6.07) is 14.2. The van der Waals surface area contributed by atoms with Crippen LogP contribution in [0.25, 0.3) is 0 Å². The maximum absolute atomic E-state index is 12.1. The predicted octanol–water partition coefficient (Wildman–Crippen LogP) is 5.01. The van der Waals surface area contributed by atoms with Gasteiger partial charge in [-0.05, 0) is 67.5 Å². The van der Waals surface area contributed by atoms with Crippen molar-refractivity contribution in [3.63, 3.8) is 0 Å². The van der Waals surface area contributed by atoms with E-state index in [2.05, 4.69) is 38.2 Å². The summed E-state index contributed by atoms with van der Waals surface area (Å²) < 4.78 is 5.11. The highest BCUT2D eigenvalue weighted by molar-refractivity contribution is 8.00. The molecule has 0 spiro atoms. The van der Waals surface area contributed by atoms with Gasteiger partial charge in [0.15, 0.2) is 6.61 Å². The Labute approximate surface area is 178 Å². The molecule has 0 saturated heterocycles. The van der Waals surface area contributed by atoms with Gasteiger partial charge < -0.3 is 10.1 Å². The Balaban J connectivity index is 1.73. The lowest BCUT2D eigenvalue weighted by atomic mass is 10.00. The van der Waals surface area contributed by atoms with E-state index in [9.17, 15) is 9.59 Å². The summed E-state index contributed by atoms with van der Waals surface area (Å²) in [7, 11) is 0. The molecule has 1 N–H and O–H groups in total. The van der Waals surface area contributed by atoms with Crippen molar-refractivity contribution in [3.05, 3.63) is 64.7 Å². The zero-order valence-electron chi connectivity index (χ0n) is 18.0. The van der Waals surface area contributed by atoms with Crippen molar-refractivity contribution in [1.29, 1.82) is 0 Å². The molecule has 0 aliphatic heterocycles. The van der Waals surface area contributed by atoms with E-state index < -0.39 is 5.97 Å². The summed E-state index contributed by atoms with van der Waals surface area (Å²) in [4.78, 5) is 25.1. The Kier molecular flexibility index (Phi) is 8.77. The molecule has 156 valence electrons. The molecule has 0 aliphatic carbocycles. The molecule has 0 saturated carbocycles. The Hall–Kier alpha value is -2.27. The van der Waals surface area contributed by atoms with Crippen molar-refractivity contribution in [2.24, 2.45) is 5.92 Å². The molecule has 0 aliphatic rings. The molecular weight excluding hydrogens is 382 g/mol. The topological polar surface area (TPSA) is 55.4 Å². The van der Waals surface area contributed by atoms with Crippen LogP contribution in [0.1, 0.15) is 49.1 Å². The van der Waals surface area contributed by atoms with E-state index in [1.165, 1.54) is 28.5 Å². The van der Waals surface area contributed by atoms with Crippen LogP contribution in [0, 0.1) is 19.8 Å². The Morgan fingerprint density at radius 2 is 1.69 bits per heavy atom. The van der Waals surface area contributed by atoms with Crippen molar-refractivity contribution < 1.29 is 14.3 Å². The third kappa shape index (κ3) is 7.94. The number of hydrogen-bond acceptors (Lipinski definition) is 4. The van der Waals surface area contributed by atoms with E-state index in [-0.39, 0.29) is 24.3 Å². The van der Waals surface area contributed by atoms with Crippen molar-refractivity contribution in [2.75, 3.05) is 12.4 Å². The van der Waals surface area contributed by atoms with Gasteiger partial charge in [0.1, 0.15) is 0 Å². The van der Waals surface area contributed by atoms with Crippen LogP contribution in [-0.4, -0.2) is 24.2 Å². The van der Waals surface area contributed by atoms with E-state index in [4.69, 9.17) is 4.74 Å². The van der Waals surface area contributed by atoms with E-state index in [0.717, 1.165) is 16.9 Å². The maximum Gasteiger partial charge on any atom is 0.316 e. The number of ether oxygens (including phenoxy) is 1. The summed E-state index contributed by atoms with van der Waals surface area (Å²) in [5.74, 6) is 0.103. The number of carbonyl (C=O) groups is 2. The predicted molar refractivity (Wildman–Crippen MR) is 119 cm³/mol. The standard InChI is InChI=1S/C24H31NO3S/c1-16(2)12-20-7-9-21(10-8-20)19(5)25-23(26)14-28-24(27)15-29-22-11-6-17(3)18(4)13-22/h6-11,13,16,19H,12,14-15H2,1-5H3,(H,25,26)/t19-/m0/s1. The number of hydrogen-bond donors (Lipinski definition) is 1. The number of thioether (sulfide) groups is 1. The summed E-state index contributed by atoms with van der Waals surface area (Å²) in [5.41, 5.74) is 4.73. The molecule has 0 unspecified atom stereocenters. The fraction of sp³-hybridized carbons (Fsp3) is 0.417. The molecule has 2 rings (SSSR count). The van der Waals surface area contributed by atoms with Crippen LogP contribution >= 0.6 is 11.8 Å². The van der Waals surface area contributed by atoms with E-state index in [1.54, 1.807) is 0 Å². The molecule has 5 heteroatoms. The van der Waals surface area contributed by atoms with E-state index in [1.807, 2.05) is 44.2 Å². The van der Waals surface area contributed by atoms with Gasteiger partial charge in [-0.25, -0.2) is 0 Å². The lowest BCUT2D eigenvalue weighted by Gasteiger charge is -2.15. The lowest BCUT2D eigenvalue weighted by Crippen LogP contribution is -2.31. The lowest BCUT2D eigenvalue weighted by molar-refractivity contribution is -0.146. The van der Waals surface area contributed by atoms with Crippen molar-refractivity contribution in [2.45, 2.75) is 52.0 Å². The molecule has 0 fully saturated rings.